The fourth-order valence-corrected chi connectivity index (χ4v) is 4.16. The minimum atomic E-state index is -0.319. The number of ether oxygens (including phenoxy) is 1. The largest absolute Gasteiger partial charge is 0.465 e. The van der Waals surface area contributed by atoms with Gasteiger partial charge in [0.1, 0.15) is 17.2 Å². The molecule has 1 unspecified atom stereocenters. The molecule has 0 amide bonds. The summed E-state index contributed by atoms with van der Waals surface area (Å²) in [5, 5.41) is 3.51. The molecule has 1 aliphatic carbocycles. The van der Waals surface area contributed by atoms with E-state index in [-0.39, 0.29) is 12.0 Å². The lowest BCUT2D eigenvalue weighted by molar-refractivity contribution is 0.0599. The van der Waals surface area contributed by atoms with Gasteiger partial charge in [-0.1, -0.05) is 12.5 Å². The van der Waals surface area contributed by atoms with Crippen molar-refractivity contribution >= 4 is 23.0 Å². The molecule has 0 radical (unpaired) electrons. The first-order chi connectivity index (χ1) is 13.2. The van der Waals surface area contributed by atoms with Crippen LogP contribution in [-0.4, -0.2) is 27.4 Å². The fourth-order valence-electron chi connectivity index (χ4n) is 4.16. The predicted molar refractivity (Wildman–Crippen MR) is 102 cm³/mol. The number of anilines is 2. The maximum absolute atomic E-state index is 12.1. The summed E-state index contributed by atoms with van der Waals surface area (Å²) in [5.41, 5.74) is 10.5. The minimum absolute atomic E-state index is 0.0545. The number of fused-ring (bicyclic) bond motifs is 2. The molecular formula is C20H21N5O2. The molecule has 3 N–H and O–H groups in total. The van der Waals surface area contributed by atoms with Crippen molar-refractivity contribution in [3.8, 4) is 0 Å². The molecule has 1 atom stereocenters. The van der Waals surface area contributed by atoms with Gasteiger partial charge >= 0.3 is 5.97 Å². The molecule has 0 bridgehead atoms. The summed E-state index contributed by atoms with van der Waals surface area (Å²) in [4.78, 5) is 21.4. The van der Waals surface area contributed by atoms with E-state index < -0.39 is 0 Å². The summed E-state index contributed by atoms with van der Waals surface area (Å²) in [7, 11) is 1.40. The summed E-state index contributed by atoms with van der Waals surface area (Å²) >= 11 is 0. The van der Waals surface area contributed by atoms with E-state index in [1.54, 1.807) is 12.3 Å². The van der Waals surface area contributed by atoms with Gasteiger partial charge in [-0.05, 0) is 30.5 Å². The molecule has 0 spiro atoms. The van der Waals surface area contributed by atoms with Gasteiger partial charge in [-0.2, -0.15) is 0 Å². The van der Waals surface area contributed by atoms with E-state index in [2.05, 4.69) is 14.7 Å². The zero-order valence-corrected chi connectivity index (χ0v) is 15.1. The number of nitrogens with two attached hydrogens (primary N) is 1. The molecule has 1 aromatic carbocycles. The summed E-state index contributed by atoms with van der Waals surface area (Å²) in [5.74, 6) is 1.70. The van der Waals surface area contributed by atoms with Crippen LogP contribution in [0.15, 0.2) is 30.6 Å². The molecule has 2 aliphatic rings. The third-order valence-electron chi connectivity index (χ3n) is 5.76. The van der Waals surface area contributed by atoms with Gasteiger partial charge in [0.05, 0.1) is 24.4 Å². The number of hydrogen-bond acceptors (Lipinski definition) is 6. The molecule has 138 valence electrons. The molecule has 5 rings (SSSR count). The number of imidazole rings is 1. The number of nitrogen functional groups attached to an aromatic ring is 1. The number of benzene rings is 1. The molecule has 1 fully saturated rings. The lowest BCUT2D eigenvalue weighted by atomic mass is 9.85. The van der Waals surface area contributed by atoms with Gasteiger partial charge in [0, 0.05) is 30.4 Å². The number of hydrogen-bond donors (Lipinski definition) is 2. The van der Waals surface area contributed by atoms with Crippen LogP contribution in [0.25, 0.3) is 5.52 Å². The second-order valence-corrected chi connectivity index (χ2v) is 7.24. The van der Waals surface area contributed by atoms with Crippen molar-refractivity contribution in [3.05, 3.63) is 53.2 Å². The average Bonchev–Trinajstić information content (AvgIpc) is 3.22. The van der Waals surface area contributed by atoms with E-state index in [4.69, 9.17) is 15.5 Å². The van der Waals surface area contributed by atoms with Crippen LogP contribution < -0.4 is 11.1 Å². The molecule has 1 aliphatic heterocycles. The molecule has 2 aromatic heterocycles. The molecule has 3 aromatic rings. The van der Waals surface area contributed by atoms with E-state index >= 15 is 0 Å². The number of carbonyl (C=O) groups is 1. The molecule has 3 heterocycles. The van der Waals surface area contributed by atoms with Crippen molar-refractivity contribution in [1.82, 2.24) is 14.4 Å². The van der Waals surface area contributed by atoms with Crippen LogP contribution in [0.3, 0.4) is 0 Å². The van der Waals surface area contributed by atoms with Gasteiger partial charge in [0.25, 0.3) is 0 Å². The van der Waals surface area contributed by atoms with Gasteiger partial charge in [0.15, 0.2) is 0 Å². The van der Waals surface area contributed by atoms with Crippen molar-refractivity contribution in [2.24, 2.45) is 0 Å². The number of aromatic nitrogens is 3. The summed E-state index contributed by atoms with van der Waals surface area (Å²) < 4.78 is 7.02. The van der Waals surface area contributed by atoms with E-state index in [1.165, 1.54) is 13.5 Å². The predicted octanol–water partition coefficient (Wildman–Crippen LogP) is 3.07. The van der Waals surface area contributed by atoms with Gasteiger partial charge in [-0.25, -0.2) is 14.8 Å². The SMILES string of the molecule is COC(=O)c1cccc2c1CC(c1nc(C3CCC3)n3ccnc(N)c13)N2. The molecule has 7 nitrogen and oxygen atoms in total. The summed E-state index contributed by atoms with van der Waals surface area (Å²) in [6, 6.07) is 5.59. The molecule has 7 heteroatoms. The Hall–Kier alpha value is -3.09. The molecule has 1 saturated carbocycles. The van der Waals surface area contributed by atoms with Crippen molar-refractivity contribution in [3.63, 3.8) is 0 Å². The summed E-state index contributed by atoms with van der Waals surface area (Å²) in [6.45, 7) is 0. The highest BCUT2D eigenvalue weighted by Gasteiger charge is 2.33. The highest BCUT2D eigenvalue weighted by Crippen LogP contribution is 2.41. The first-order valence-corrected chi connectivity index (χ1v) is 9.26. The first-order valence-electron chi connectivity index (χ1n) is 9.26. The fraction of sp³-hybridized carbons (Fsp3) is 0.350. The molecular weight excluding hydrogens is 342 g/mol. The van der Waals surface area contributed by atoms with Crippen LogP contribution in [0, 0.1) is 0 Å². The Morgan fingerprint density at radius 3 is 2.96 bits per heavy atom. The van der Waals surface area contributed by atoms with Crippen molar-refractivity contribution < 1.29 is 9.53 Å². The van der Waals surface area contributed by atoms with Crippen molar-refractivity contribution in [2.75, 3.05) is 18.2 Å². The Morgan fingerprint density at radius 2 is 2.22 bits per heavy atom. The number of esters is 1. The van der Waals surface area contributed by atoms with E-state index in [9.17, 15) is 4.79 Å². The third kappa shape index (κ3) is 2.38. The van der Waals surface area contributed by atoms with Gasteiger partial charge in [-0.15, -0.1) is 0 Å². The zero-order valence-electron chi connectivity index (χ0n) is 15.1. The number of methoxy groups -OCH3 is 1. The quantitative estimate of drug-likeness (QED) is 0.695. The maximum Gasteiger partial charge on any atom is 0.338 e. The van der Waals surface area contributed by atoms with Gasteiger partial charge in [0.2, 0.25) is 0 Å². The monoisotopic (exact) mass is 363 g/mol. The number of rotatable bonds is 3. The Morgan fingerprint density at radius 1 is 1.37 bits per heavy atom. The lowest BCUT2D eigenvalue weighted by Crippen LogP contribution is -2.13. The van der Waals surface area contributed by atoms with E-state index in [0.717, 1.165) is 41.1 Å². The molecule has 27 heavy (non-hydrogen) atoms. The highest BCUT2D eigenvalue weighted by molar-refractivity contribution is 5.93. The number of nitrogens with zero attached hydrogens (tertiary/aromatic N) is 3. The number of nitrogens with one attached hydrogen (secondary N) is 1. The second kappa shape index (κ2) is 5.97. The first kappa shape index (κ1) is 16.1. The van der Waals surface area contributed by atoms with Gasteiger partial charge in [-0.3, -0.25) is 4.40 Å². The van der Waals surface area contributed by atoms with E-state index in [1.807, 2.05) is 18.3 Å². The van der Waals surface area contributed by atoms with Crippen LogP contribution >= 0.6 is 0 Å². The third-order valence-corrected chi connectivity index (χ3v) is 5.76. The Labute approximate surface area is 156 Å². The topological polar surface area (TPSA) is 94.5 Å². The van der Waals surface area contributed by atoms with Crippen molar-refractivity contribution in [2.45, 2.75) is 37.6 Å². The number of carbonyl (C=O) groups excluding carboxylic acids is 1. The van der Waals surface area contributed by atoms with Crippen molar-refractivity contribution in [1.29, 1.82) is 0 Å². The zero-order chi connectivity index (χ0) is 18.5. The van der Waals surface area contributed by atoms with Gasteiger partial charge < -0.3 is 15.8 Å². The minimum Gasteiger partial charge on any atom is -0.465 e. The second-order valence-electron chi connectivity index (χ2n) is 7.24. The molecule has 0 saturated heterocycles. The normalized spacial score (nSPS) is 18.8. The van der Waals surface area contributed by atoms with Crippen LogP contribution in [-0.2, 0) is 11.2 Å². The Bertz CT molecular complexity index is 1050. The van der Waals surface area contributed by atoms with Crippen LogP contribution in [0.1, 0.15) is 58.7 Å². The van der Waals surface area contributed by atoms with Crippen LogP contribution in [0.2, 0.25) is 0 Å². The average molecular weight is 363 g/mol. The van der Waals surface area contributed by atoms with Crippen LogP contribution in [0.4, 0.5) is 11.5 Å². The highest BCUT2D eigenvalue weighted by atomic mass is 16.5. The maximum atomic E-state index is 12.1. The Balaban J connectivity index is 1.60. The van der Waals surface area contributed by atoms with Crippen LogP contribution in [0.5, 0.6) is 0 Å². The Kier molecular flexibility index (Phi) is 3.56. The standard InChI is InChI=1S/C20H21N5O2/c1-27-20(26)12-6-3-7-14-13(12)10-15(23-14)16-17-18(21)22-8-9-25(17)19(24-16)11-4-2-5-11/h3,6-9,11,15,23H,2,4-5,10H2,1H3,(H2,21,22). The lowest BCUT2D eigenvalue weighted by Gasteiger charge is -2.23. The summed E-state index contributed by atoms with van der Waals surface area (Å²) in [6.07, 6.45) is 7.88. The van der Waals surface area contributed by atoms with E-state index in [0.29, 0.717) is 23.7 Å². The smallest absolute Gasteiger partial charge is 0.338 e.